The predicted octanol–water partition coefficient (Wildman–Crippen LogP) is -0.193. The highest BCUT2D eigenvalue weighted by Gasteiger charge is 2.41. The Balaban J connectivity index is 1.91. The summed E-state index contributed by atoms with van der Waals surface area (Å²) in [7, 11) is -1.52. The Kier molecular flexibility index (Phi) is 3.27. The lowest BCUT2D eigenvalue weighted by Crippen LogP contribution is -2.26. The number of anilines is 1. The molecule has 0 aromatic carbocycles. The lowest BCUT2D eigenvalue weighted by atomic mass is 9.91. The van der Waals surface area contributed by atoms with Gasteiger partial charge in [-0.1, -0.05) is 13.3 Å². The molecule has 0 radical (unpaired) electrons. The molecule has 0 spiro atoms. The number of rotatable bonds is 4. The molecule has 5 nitrogen and oxygen atoms in total. The third kappa shape index (κ3) is 2.42. The maximum absolute atomic E-state index is 11.7. The zero-order valence-corrected chi connectivity index (χ0v) is 9.70. The Hall–Kier alpha value is -0.915. The summed E-state index contributed by atoms with van der Waals surface area (Å²) in [6, 6.07) is 0. The monoisotopic (exact) mass is 240 g/mol. The number of nitrogens with one attached hydrogen (secondary N) is 1. The van der Waals surface area contributed by atoms with E-state index in [9.17, 15) is 4.79 Å². The van der Waals surface area contributed by atoms with Crippen LogP contribution in [0.3, 0.4) is 0 Å². The minimum atomic E-state index is -1.52. The Labute approximate surface area is 97.7 Å². The van der Waals surface area contributed by atoms with Crippen molar-refractivity contribution in [3.63, 3.8) is 0 Å². The molecule has 0 saturated heterocycles. The first-order valence-corrected chi connectivity index (χ1v) is 6.06. The van der Waals surface area contributed by atoms with E-state index in [2.05, 4.69) is 17.2 Å². The van der Waals surface area contributed by atoms with Crippen LogP contribution in [0.15, 0.2) is 6.20 Å². The van der Waals surface area contributed by atoms with Gasteiger partial charge in [0.2, 0.25) is 5.91 Å². The second-order valence-electron chi connectivity index (χ2n) is 3.94. The second-order valence-corrected chi connectivity index (χ2v) is 5.00. The van der Waals surface area contributed by atoms with Gasteiger partial charge in [-0.15, -0.1) is 11.3 Å². The lowest BCUT2D eigenvalue weighted by molar-refractivity contribution is -0.117. The first-order valence-electron chi connectivity index (χ1n) is 5.24. The first-order chi connectivity index (χ1) is 7.61. The number of carbonyl (C=O) groups excluding carboxylic acids is 1. The number of amides is 1. The molecule has 0 bridgehead atoms. The van der Waals surface area contributed by atoms with E-state index in [0.717, 1.165) is 24.2 Å². The number of aromatic nitrogens is 1. The van der Waals surface area contributed by atoms with Crippen molar-refractivity contribution in [1.82, 2.24) is 4.98 Å². The van der Waals surface area contributed by atoms with E-state index < -0.39 is 7.12 Å². The van der Waals surface area contributed by atoms with Gasteiger partial charge in [0.15, 0.2) is 5.13 Å². The largest absolute Gasteiger partial charge is 0.500 e. The molecule has 1 aromatic rings. The van der Waals surface area contributed by atoms with Gasteiger partial charge in [0.25, 0.3) is 0 Å². The summed E-state index contributed by atoms with van der Waals surface area (Å²) in [4.78, 5) is 15.6. The zero-order chi connectivity index (χ0) is 11.7. The zero-order valence-electron chi connectivity index (χ0n) is 8.88. The van der Waals surface area contributed by atoms with Crippen LogP contribution in [0.1, 0.15) is 19.8 Å². The van der Waals surface area contributed by atoms with Crippen molar-refractivity contribution in [3.05, 3.63) is 6.20 Å². The van der Waals surface area contributed by atoms with Crippen molar-refractivity contribution < 1.29 is 14.8 Å². The van der Waals surface area contributed by atoms with Gasteiger partial charge in [0.1, 0.15) is 0 Å². The Morgan fingerprint density at radius 3 is 3.00 bits per heavy atom. The smallest absolute Gasteiger partial charge is 0.423 e. The van der Waals surface area contributed by atoms with E-state index >= 15 is 0 Å². The Morgan fingerprint density at radius 1 is 1.75 bits per heavy atom. The molecule has 1 amide bonds. The van der Waals surface area contributed by atoms with E-state index in [1.54, 1.807) is 0 Å². The number of thiazole rings is 1. The van der Waals surface area contributed by atoms with Gasteiger partial charge in [0.05, 0.1) is 4.78 Å². The SMILES string of the molecule is CC[C@@H]1C[C@H]1C(=O)Nc1ncc(B(O)O)s1. The molecule has 7 heteroatoms. The molecular weight excluding hydrogens is 227 g/mol. The summed E-state index contributed by atoms with van der Waals surface area (Å²) < 4.78 is 0.332. The fraction of sp³-hybridized carbons (Fsp3) is 0.556. The molecule has 0 unspecified atom stereocenters. The predicted molar refractivity (Wildman–Crippen MR) is 62.5 cm³/mol. The minimum Gasteiger partial charge on any atom is -0.423 e. The average molecular weight is 240 g/mol. The minimum absolute atomic E-state index is 0.0137. The van der Waals surface area contributed by atoms with Crippen molar-refractivity contribution in [2.75, 3.05) is 5.32 Å². The van der Waals surface area contributed by atoms with E-state index in [-0.39, 0.29) is 11.8 Å². The van der Waals surface area contributed by atoms with Crippen LogP contribution in [0.5, 0.6) is 0 Å². The maximum atomic E-state index is 11.7. The van der Waals surface area contributed by atoms with Gasteiger partial charge >= 0.3 is 7.12 Å². The fourth-order valence-electron chi connectivity index (χ4n) is 1.68. The lowest BCUT2D eigenvalue weighted by Gasteiger charge is -1.99. The van der Waals surface area contributed by atoms with Gasteiger partial charge in [-0.25, -0.2) is 4.98 Å². The summed E-state index contributed by atoms with van der Waals surface area (Å²) in [6.07, 6.45) is 3.33. The van der Waals surface area contributed by atoms with Gasteiger partial charge < -0.3 is 15.4 Å². The van der Waals surface area contributed by atoms with E-state index in [1.165, 1.54) is 6.20 Å². The van der Waals surface area contributed by atoms with Crippen LogP contribution in [-0.4, -0.2) is 28.1 Å². The van der Waals surface area contributed by atoms with Gasteiger partial charge in [-0.2, -0.15) is 0 Å². The number of hydrogen-bond donors (Lipinski definition) is 3. The molecule has 1 aliphatic carbocycles. The number of nitrogens with zero attached hydrogens (tertiary/aromatic N) is 1. The topological polar surface area (TPSA) is 82.5 Å². The van der Waals surface area contributed by atoms with Gasteiger partial charge in [-0.05, 0) is 12.3 Å². The van der Waals surface area contributed by atoms with Crippen molar-refractivity contribution >= 4 is 34.3 Å². The quantitative estimate of drug-likeness (QED) is 0.637. The summed E-state index contributed by atoms with van der Waals surface area (Å²) in [6.45, 7) is 2.07. The molecule has 86 valence electrons. The highest BCUT2D eigenvalue weighted by atomic mass is 32.1. The molecule has 2 atom stereocenters. The summed E-state index contributed by atoms with van der Waals surface area (Å²) >= 11 is 1.08. The van der Waals surface area contributed by atoms with Gasteiger partial charge in [-0.3, -0.25) is 4.79 Å². The Bertz CT molecular complexity index is 396. The van der Waals surface area contributed by atoms with Crippen LogP contribution >= 0.6 is 11.3 Å². The molecule has 16 heavy (non-hydrogen) atoms. The molecule has 1 saturated carbocycles. The van der Waals surface area contributed by atoms with E-state index in [0.29, 0.717) is 15.8 Å². The highest BCUT2D eigenvalue weighted by Crippen LogP contribution is 2.41. The fourth-order valence-corrected chi connectivity index (χ4v) is 2.37. The number of hydrogen-bond acceptors (Lipinski definition) is 5. The molecule has 1 aliphatic rings. The second kappa shape index (κ2) is 4.53. The van der Waals surface area contributed by atoms with Gasteiger partial charge in [0, 0.05) is 12.1 Å². The highest BCUT2D eigenvalue weighted by molar-refractivity contribution is 7.25. The standard InChI is InChI=1S/C9H13BN2O3S/c1-2-5-3-6(5)8(13)12-9-11-4-7(16-9)10(14)15/h4-6,14-15H,2-3H2,1H3,(H,11,12,13)/t5-,6-/m1/s1. The van der Waals surface area contributed by atoms with Crippen molar-refractivity contribution in [1.29, 1.82) is 0 Å². The van der Waals surface area contributed by atoms with E-state index in [1.807, 2.05) is 0 Å². The normalized spacial score (nSPS) is 22.9. The van der Waals surface area contributed by atoms with Crippen molar-refractivity contribution in [2.45, 2.75) is 19.8 Å². The summed E-state index contributed by atoms with van der Waals surface area (Å²) in [5.41, 5.74) is 0. The van der Waals surface area contributed by atoms with Crippen molar-refractivity contribution in [3.8, 4) is 0 Å². The van der Waals surface area contributed by atoms with E-state index in [4.69, 9.17) is 10.0 Å². The van der Waals surface area contributed by atoms with Crippen LogP contribution in [0.4, 0.5) is 5.13 Å². The van der Waals surface area contributed by atoms with Crippen LogP contribution in [-0.2, 0) is 4.79 Å². The average Bonchev–Trinajstić information content (AvgIpc) is 2.90. The maximum Gasteiger partial charge on any atom is 0.500 e. The first kappa shape index (κ1) is 11.6. The summed E-state index contributed by atoms with van der Waals surface area (Å²) in [5.74, 6) is 0.597. The van der Waals surface area contributed by atoms with Crippen molar-refractivity contribution in [2.24, 2.45) is 11.8 Å². The van der Waals surface area contributed by atoms with Crippen LogP contribution in [0.25, 0.3) is 0 Å². The third-order valence-electron chi connectivity index (χ3n) is 2.79. The van der Waals surface area contributed by atoms with Crippen LogP contribution < -0.4 is 10.1 Å². The molecule has 2 rings (SSSR count). The summed E-state index contributed by atoms with van der Waals surface area (Å²) in [5, 5.41) is 20.9. The molecule has 1 fully saturated rings. The molecule has 3 N–H and O–H groups in total. The van der Waals surface area contributed by atoms with Crippen LogP contribution in [0.2, 0.25) is 0 Å². The third-order valence-corrected chi connectivity index (χ3v) is 3.74. The molecular formula is C9H13BN2O3S. The number of carbonyl (C=O) groups is 1. The molecule has 1 aromatic heterocycles. The molecule has 1 heterocycles. The molecule has 0 aliphatic heterocycles. The van der Waals surface area contributed by atoms with Crippen LogP contribution in [0, 0.1) is 11.8 Å². The Morgan fingerprint density at radius 2 is 2.50 bits per heavy atom.